The van der Waals surface area contributed by atoms with E-state index in [1.165, 1.54) is 0 Å². The first-order valence-electron chi connectivity index (χ1n) is 7.44. The lowest BCUT2D eigenvalue weighted by atomic mass is 9.98. The van der Waals surface area contributed by atoms with E-state index in [-0.39, 0.29) is 18.4 Å². The fourth-order valence-electron chi connectivity index (χ4n) is 3.02. The van der Waals surface area contributed by atoms with E-state index in [2.05, 4.69) is 4.98 Å². The lowest BCUT2D eigenvalue weighted by Crippen LogP contribution is -2.44. The van der Waals surface area contributed by atoms with E-state index in [1.54, 1.807) is 22.3 Å². The summed E-state index contributed by atoms with van der Waals surface area (Å²) in [5.74, 6) is -0.919. The third kappa shape index (κ3) is 2.97. The van der Waals surface area contributed by atoms with Crippen LogP contribution in [-0.4, -0.2) is 39.5 Å². The number of carboxylic acids is 1. The van der Waals surface area contributed by atoms with Crippen molar-refractivity contribution in [3.8, 4) is 0 Å². The van der Waals surface area contributed by atoms with Gasteiger partial charge in [-0.05, 0) is 44.4 Å². The summed E-state index contributed by atoms with van der Waals surface area (Å²) < 4.78 is 0.996. The fourth-order valence-corrected chi connectivity index (χ4v) is 3.89. The molecule has 1 amide bonds. The molecule has 116 valence electrons. The maximum atomic E-state index is 12.8. The number of carboxylic acid groups (broad SMARTS) is 1. The quantitative estimate of drug-likeness (QED) is 0.944. The molecule has 0 spiro atoms. The zero-order valence-corrected chi connectivity index (χ0v) is 13.2. The van der Waals surface area contributed by atoms with E-state index >= 15 is 0 Å². The van der Waals surface area contributed by atoms with E-state index in [9.17, 15) is 9.59 Å². The van der Waals surface area contributed by atoms with Crippen LogP contribution in [0.1, 0.15) is 41.0 Å². The number of aryl methyl sites for hydroxylation is 1. The monoisotopic (exact) mass is 318 g/mol. The normalized spacial score (nSPS) is 18.6. The first-order valence-corrected chi connectivity index (χ1v) is 8.26. The van der Waals surface area contributed by atoms with Crippen molar-refractivity contribution >= 4 is 33.4 Å². The highest BCUT2D eigenvalue weighted by atomic mass is 32.1. The molecular formula is C16H18N2O3S. The fraction of sp³-hybridized carbons (Fsp3) is 0.438. The Morgan fingerprint density at radius 2 is 2.23 bits per heavy atom. The molecule has 1 aromatic heterocycles. The van der Waals surface area contributed by atoms with Gasteiger partial charge in [-0.3, -0.25) is 9.59 Å². The van der Waals surface area contributed by atoms with Crippen molar-refractivity contribution in [2.75, 3.05) is 6.54 Å². The van der Waals surface area contributed by atoms with Crippen LogP contribution in [0, 0.1) is 6.92 Å². The number of carbonyl (C=O) groups is 2. The average Bonchev–Trinajstić information content (AvgIpc) is 2.85. The molecule has 1 unspecified atom stereocenters. The van der Waals surface area contributed by atoms with Gasteiger partial charge in [0.25, 0.3) is 5.91 Å². The molecule has 3 rings (SSSR count). The van der Waals surface area contributed by atoms with E-state index < -0.39 is 5.97 Å². The van der Waals surface area contributed by atoms with Crippen LogP contribution in [0.3, 0.4) is 0 Å². The number of hydrogen-bond donors (Lipinski definition) is 1. The highest BCUT2D eigenvalue weighted by Crippen LogP contribution is 2.26. The number of benzene rings is 1. The minimum Gasteiger partial charge on any atom is -0.481 e. The maximum absolute atomic E-state index is 12.8. The maximum Gasteiger partial charge on any atom is 0.305 e. The van der Waals surface area contributed by atoms with Gasteiger partial charge in [0.1, 0.15) is 0 Å². The third-order valence-electron chi connectivity index (χ3n) is 4.04. The summed E-state index contributed by atoms with van der Waals surface area (Å²) in [6.45, 7) is 2.58. The molecule has 1 aliphatic rings. The standard InChI is InChI=1S/C16H18N2O3S/c1-10-17-13-6-5-11(8-14(13)22-10)16(21)18-7-3-2-4-12(18)9-15(19)20/h5-6,8,12H,2-4,7,9H2,1H3,(H,19,20). The van der Waals surface area contributed by atoms with Gasteiger partial charge in [0.05, 0.1) is 21.6 Å². The van der Waals surface area contributed by atoms with Crippen LogP contribution in [0.5, 0.6) is 0 Å². The van der Waals surface area contributed by atoms with Crippen LogP contribution in [0.2, 0.25) is 0 Å². The summed E-state index contributed by atoms with van der Waals surface area (Å²) in [6.07, 6.45) is 2.70. The number of nitrogens with zero attached hydrogens (tertiary/aromatic N) is 2. The SMILES string of the molecule is Cc1nc2ccc(C(=O)N3CCCCC3CC(=O)O)cc2s1. The van der Waals surface area contributed by atoms with E-state index in [1.807, 2.05) is 19.1 Å². The lowest BCUT2D eigenvalue weighted by Gasteiger charge is -2.35. The number of carbonyl (C=O) groups excluding carboxylic acids is 1. The van der Waals surface area contributed by atoms with Gasteiger partial charge in [0, 0.05) is 18.2 Å². The van der Waals surface area contributed by atoms with Gasteiger partial charge in [0.2, 0.25) is 0 Å². The smallest absolute Gasteiger partial charge is 0.305 e. The Labute approximate surface area is 132 Å². The molecule has 0 radical (unpaired) electrons. The number of piperidine rings is 1. The minimum absolute atomic E-state index is 0.0215. The Hall–Kier alpha value is -1.95. The van der Waals surface area contributed by atoms with Crippen LogP contribution < -0.4 is 0 Å². The van der Waals surface area contributed by atoms with Gasteiger partial charge < -0.3 is 10.0 Å². The number of hydrogen-bond acceptors (Lipinski definition) is 4. The third-order valence-corrected chi connectivity index (χ3v) is 4.97. The van der Waals surface area contributed by atoms with Gasteiger partial charge in [0.15, 0.2) is 0 Å². The number of likely N-dealkylation sites (tertiary alicyclic amines) is 1. The zero-order chi connectivity index (χ0) is 15.7. The predicted octanol–water partition coefficient (Wildman–Crippen LogP) is 3.07. The lowest BCUT2D eigenvalue weighted by molar-refractivity contribution is -0.138. The summed E-state index contributed by atoms with van der Waals surface area (Å²) in [5.41, 5.74) is 1.52. The zero-order valence-electron chi connectivity index (χ0n) is 12.4. The number of aliphatic carboxylic acids is 1. The summed E-state index contributed by atoms with van der Waals surface area (Å²) in [6, 6.07) is 5.32. The largest absolute Gasteiger partial charge is 0.481 e. The van der Waals surface area contributed by atoms with Crippen LogP contribution in [0.4, 0.5) is 0 Å². The van der Waals surface area contributed by atoms with Gasteiger partial charge in [-0.25, -0.2) is 4.98 Å². The Kier molecular flexibility index (Phi) is 4.11. The highest BCUT2D eigenvalue weighted by molar-refractivity contribution is 7.18. The molecule has 0 bridgehead atoms. The Balaban J connectivity index is 1.87. The first-order chi connectivity index (χ1) is 10.5. The molecule has 2 heterocycles. The molecule has 1 atom stereocenters. The van der Waals surface area contributed by atoms with E-state index in [0.29, 0.717) is 12.1 Å². The molecule has 0 saturated carbocycles. The minimum atomic E-state index is -0.849. The van der Waals surface area contributed by atoms with Crippen molar-refractivity contribution in [1.29, 1.82) is 0 Å². The van der Waals surface area contributed by atoms with Crippen molar-refractivity contribution in [3.05, 3.63) is 28.8 Å². The topological polar surface area (TPSA) is 70.5 Å². The molecule has 1 N–H and O–H groups in total. The average molecular weight is 318 g/mol. The van der Waals surface area contributed by atoms with Gasteiger partial charge in [-0.2, -0.15) is 0 Å². The molecule has 1 aromatic carbocycles. The molecule has 1 aliphatic heterocycles. The molecule has 2 aromatic rings. The van der Waals surface area contributed by atoms with Gasteiger partial charge in [-0.1, -0.05) is 0 Å². The van der Waals surface area contributed by atoms with Crippen molar-refractivity contribution in [2.45, 2.75) is 38.6 Å². The predicted molar refractivity (Wildman–Crippen MR) is 85.3 cm³/mol. The second-order valence-electron chi connectivity index (χ2n) is 5.66. The Morgan fingerprint density at radius 1 is 1.41 bits per heavy atom. The van der Waals surface area contributed by atoms with Crippen LogP contribution in [0.25, 0.3) is 10.2 Å². The second-order valence-corrected chi connectivity index (χ2v) is 6.90. The first kappa shape index (κ1) is 15.0. The molecule has 1 fully saturated rings. The second kappa shape index (κ2) is 6.04. The van der Waals surface area contributed by atoms with Gasteiger partial charge in [-0.15, -0.1) is 11.3 Å². The van der Waals surface area contributed by atoms with Crippen molar-refractivity contribution in [2.24, 2.45) is 0 Å². The van der Waals surface area contributed by atoms with Crippen LogP contribution in [-0.2, 0) is 4.79 Å². The number of amides is 1. The van der Waals surface area contributed by atoms with E-state index in [0.717, 1.165) is 34.5 Å². The Bertz CT molecular complexity index is 725. The summed E-state index contributed by atoms with van der Waals surface area (Å²) in [7, 11) is 0. The number of rotatable bonds is 3. The molecule has 0 aliphatic carbocycles. The van der Waals surface area contributed by atoms with Crippen molar-refractivity contribution in [1.82, 2.24) is 9.88 Å². The molecule has 6 heteroatoms. The van der Waals surface area contributed by atoms with Crippen molar-refractivity contribution < 1.29 is 14.7 Å². The summed E-state index contributed by atoms with van der Waals surface area (Å²) in [5, 5.41) is 10.0. The van der Waals surface area contributed by atoms with Crippen LogP contribution >= 0.6 is 11.3 Å². The number of aromatic nitrogens is 1. The summed E-state index contributed by atoms with van der Waals surface area (Å²) in [4.78, 5) is 29.9. The molecular weight excluding hydrogens is 300 g/mol. The highest BCUT2D eigenvalue weighted by Gasteiger charge is 2.29. The molecule has 22 heavy (non-hydrogen) atoms. The number of thiazole rings is 1. The van der Waals surface area contributed by atoms with Crippen molar-refractivity contribution in [3.63, 3.8) is 0 Å². The van der Waals surface area contributed by atoms with E-state index in [4.69, 9.17) is 5.11 Å². The van der Waals surface area contributed by atoms with Gasteiger partial charge >= 0.3 is 5.97 Å². The summed E-state index contributed by atoms with van der Waals surface area (Å²) >= 11 is 1.57. The number of fused-ring (bicyclic) bond motifs is 1. The molecule has 1 saturated heterocycles. The Morgan fingerprint density at radius 3 is 3.00 bits per heavy atom. The van der Waals surface area contributed by atoms with Crippen LogP contribution in [0.15, 0.2) is 18.2 Å². The molecule has 5 nitrogen and oxygen atoms in total.